The van der Waals surface area contributed by atoms with Crippen LogP contribution < -0.4 is 10.6 Å². The number of amides is 2. The lowest BCUT2D eigenvalue weighted by Gasteiger charge is -2.32. The van der Waals surface area contributed by atoms with Crippen LogP contribution in [0.1, 0.15) is 33.2 Å². The summed E-state index contributed by atoms with van der Waals surface area (Å²) in [6, 6.07) is 16.0. The Morgan fingerprint density at radius 1 is 1.06 bits per heavy atom. The lowest BCUT2D eigenvalue weighted by molar-refractivity contribution is -0.127. The standard InChI is InChI=1S/C24H26FN5O3S/c25-18-6-8-19(9-7-18)27-23(32)24-29-28-22(34-24)16-33-15-21(31)26-20-10-12-30(13-11-20)14-17-4-2-1-3-5-17/h1-9,20H,10-16H2,(H,26,31)(H,27,32). The summed E-state index contributed by atoms with van der Waals surface area (Å²) in [6.07, 6.45) is 1.81. The Kier molecular flexibility index (Phi) is 8.29. The maximum atomic E-state index is 13.0. The van der Waals surface area contributed by atoms with Gasteiger partial charge in [0.15, 0.2) is 0 Å². The largest absolute Gasteiger partial charge is 0.364 e. The molecule has 1 saturated heterocycles. The lowest BCUT2D eigenvalue weighted by atomic mass is 10.0. The van der Waals surface area contributed by atoms with E-state index in [1.165, 1.54) is 29.8 Å². The molecule has 2 heterocycles. The monoisotopic (exact) mass is 483 g/mol. The number of anilines is 1. The third kappa shape index (κ3) is 7.14. The Morgan fingerprint density at radius 3 is 2.53 bits per heavy atom. The lowest BCUT2D eigenvalue weighted by Crippen LogP contribution is -2.45. The van der Waals surface area contributed by atoms with E-state index < -0.39 is 5.91 Å². The fourth-order valence-electron chi connectivity index (χ4n) is 3.70. The molecule has 0 aliphatic carbocycles. The van der Waals surface area contributed by atoms with Crippen LogP contribution in [0.15, 0.2) is 54.6 Å². The molecule has 1 aromatic heterocycles. The summed E-state index contributed by atoms with van der Waals surface area (Å²) >= 11 is 1.08. The highest BCUT2D eigenvalue weighted by molar-refractivity contribution is 7.13. The molecule has 0 atom stereocenters. The van der Waals surface area contributed by atoms with Gasteiger partial charge in [-0.2, -0.15) is 0 Å². The highest BCUT2D eigenvalue weighted by Crippen LogP contribution is 2.16. The number of halogens is 1. The van der Waals surface area contributed by atoms with Gasteiger partial charge in [0, 0.05) is 31.4 Å². The van der Waals surface area contributed by atoms with Gasteiger partial charge in [0.05, 0.1) is 0 Å². The predicted octanol–water partition coefficient (Wildman–Crippen LogP) is 3.23. The van der Waals surface area contributed by atoms with Crippen LogP contribution in [-0.2, 0) is 22.7 Å². The van der Waals surface area contributed by atoms with E-state index in [1.54, 1.807) is 0 Å². The molecule has 10 heteroatoms. The zero-order valence-electron chi connectivity index (χ0n) is 18.6. The van der Waals surface area contributed by atoms with Crippen molar-refractivity contribution in [2.45, 2.75) is 32.0 Å². The smallest absolute Gasteiger partial charge is 0.286 e. The first-order chi connectivity index (χ1) is 16.5. The number of hydrogen-bond acceptors (Lipinski definition) is 7. The van der Waals surface area contributed by atoms with Crippen LogP contribution in [0.2, 0.25) is 0 Å². The molecule has 4 rings (SSSR count). The van der Waals surface area contributed by atoms with Gasteiger partial charge >= 0.3 is 0 Å². The summed E-state index contributed by atoms with van der Waals surface area (Å²) in [7, 11) is 0. The van der Waals surface area contributed by atoms with E-state index in [1.807, 2.05) is 18.2 Å². The van der Waals surface area contributed by atoms with Crippen LogP contribution in [0.5, 0.6) is 0 Å². The molecular weight excluding hydrogens is 457 g/mol. The number of aromatic nitrogens is 2. The first kappa shape index (κ1) is 23.9. The third-order valence-electron chi connectivity index (χ3n) is 5.42. The van der Waals surface area contributed by atoms with Crippen LogP contribution in [0.25, 0.3) is 0 Å². The average Bonchev–Trinajstić information content (AvgIpc) is 3.32. The molecule has 2 N–H and O–H groups in total. The predicted molar refractivity (Wildman–Crippen MR) is 127 cm³/mol. The van der Waals surface area contributed by atoms with Gasteiger partial charge in [-0.25, -0.2) is 4.39 Å². The van der Waals surface area contributed by atoms with E-state index in [0.29, 0.717) is 10.7 Å². The first-order valence-corrected chi connectivity index (χ1v) is 11.9. The van der Waals surface area contributed by atoms with E-state index in [-0.39, 0.29) is 36.0 Å². The van der Waals surface area contributed by atoms with Crippen LogP contribution in [0, 0.1) is 5.82 Å². The molecule has 178 valence electrons. The molecule has 1 aliphatic heterocycles. The number of likely N-dealkylation sites (tertiary alicyclic amines) is 1. The average molecular weight is 484 g/mol. The Balaban J connectivity index is 1.13. The van der Waals surface area contributed by atoms with Crippen LogP contribution >= 0.6 is 11.3 Å². The summed E-state index contributed by atoms with van der Waals surface area (Å²) in [5.41, 5.74) is 1.76. The molecule has 2 aromatic carbocycles. The van der Waals surface area contributed by atoms with Gasteiger partial charge in [0.1, 0.15) is 24.0 Å². The third-order valence-corrected chi connectivity index (χ3v) is 6.32. The minimum atomic E-state index is -0.438. The second-order valence-electron chi connectivity index (χ2n) is 8.06. The number of piperidine rings is 1. The maximum absolute atomic E-state index is 13.0. The summed E-state index contributed by atoms with van der Waals surface area (Å²) in [4.78, 5) is 26.9. The van der Waals surface area contributed by atoms with Crippen molar-refractivity contribution in [2.24, 2.45) is 0 Å². The number of carbonyl (C=O) groups excluding carboxylic acids is 2. The van der Waals surface area contributed by atoms with E-state index in [4.69, 9.17) is 4.74 Å². The molecule has 2 amide bonds. The van der Waals surface area contributed by atoms with Gasteiger partial charge in [-0.05, 0) is 42.7 Å². The number of carbonyl (C=O) groups is 2. The number of hydrogen-bond donors (Lipinski definition) is 2. The van der Waals surface area contributed by atoms with Gasteiger partial charge in [-0.1, -0.05) is 41.7 Å². The molecule has 34 heavy (non-hydrogen) atoms. The van der Waals surface area contributed by atoms with Gasteiger partial charge in [0.25, 0.3) is 5.91 Å². The minimum Gasteiger partial charge on any atom is -0.364 e. The fraction of sp³-hybridized carbons (Fsp3) is 0.333. The Hall–Kier alpha value is -3.21. The second-order valence-corrected chi connectivity index (χ2v) is 9.12. The Bertz CT molecular complexity index is 1090. The topological polar surface area (TPSA) is 96.5 Å². The summed E-state index contributed by atoms with van der Waals surface area (Å²) < 4.78 is 18.4. The molecule has 0 saturated carbocycles. The number of nitrogens with one attached hydrogen (secondary N) is 2. The Labute approximate surface area is 201 Å². The molecule has 3 aromatic rings. The number of benzene rings is 2. The van der Waals surface area contributed by atoms with Gasteiger partial charge < -0.3 is 15.4 Å². The number of ether oxygens (including phenoxy) is 1. The molecule has 1 aliphatic rings. The highest BCUT2D eigenvalue weighted by atomic mass is 32.1. The molecule has 0 unspecified atom stereocenters. The van der Waals surface area contributed by atoms with Crippen LogP contribution in [-0.4, -0.2) is 52.6 Å². The normalized spacial score (nSPS) is 14.6. The second kappa shape index (κ2) is 11.8. The quantitative estimate of drug-likeness (QED) is 0.485. The molecule has 1 fully saturated rings. The molecule has 0 radical (unpaired) electrons. The van der Waals surface area contributed by atoms with E-state index >= 15 is 0 Å². The van der Waals surface area contributed by atoms with Crippen molar-refractivity contribution in [3.63, 3.8) is 0 Å². The first-order valence-electron chi connectivity index (χ1n) is 11.1. The van der Waals surface area contributed by atoms with E-state index in [0.717, 1.165) is 43.8 Å². The van der Waals surface area contributed by atoms with Crippen LogP contribution in [0.3, 0.4) is 0 Å². The molecule has 0 bridgehead atoms. The van der Waals surface area contributed by atoms with E-state index in [2.05, 4.69) is 37.9 Å². The SMILES string of the molecule is O=C(COCc1nnc(C(=O)Nc2ccc(F)cc2)s1)NC1CCN(Cc2ccccc2)CC1. The van der Waals surface area contributed by atoms with Crippen molar-refractivity contribution < 1.29 is 18.7 Å². The maximum Gasteiger partial charge on any atom is 0.286 e. The van der Waals surface area contributed by atoms with Gasteiger partial charge in [-0.3, -0.25) is 14.5 Å². The van der Waals surface area contributed by atoms with Crippen molar-refractivity contribution >= 4 is 28.8 Å². The molecule has 0 spiro atoms. The van der Waals surface area contributed by atoms with E-state index in [9.17, 15) is 14.0 Å². The fourth-order valence-corrected chi connectivity index (χ4v) is 4.37. The number of rotatable bonds is 9. The highest BCUT2D eigenvalue weighted by Gasteiger charge is 2.21. The van der Waals surface area contributed by atoms with Crippen molar-refractivity contribution in [1.82, 2.24) is 20.4 Å². The van der Waals surface area contributed by atoms with Gasteiger partial charge in [-0.15, -0.1) is 10.2 Å². The summed E-state index contributed by atoms with van der Waals surface area (Å²) in [6.45, 7) is 2.81. The summed E-state index contributed by atoms with van der Waals surface area (Å²) in [5.74, 6) is -0.988. The zero-order valence-corrected chi connectivity index (χ0v) is 19.4. The van der Waals surface area contributed by atoms with Crippen molar-refractivity contribution in [1.29, 1.82) is 0 Å². The zero-order chi connectivity index (χ0) is 23.8. The van der Waals surface area contributed by atoms with Crippen molar-refractivity contribution in [3.8, 4) is 0 Å². The Morgan fingerprint density at radius 2 is 1.79 bits per heavy atom. The van der Waals surface area contributed by atoms with Crippen LogP contribution in [0.4, 0.5) is 10.1 Å². The van der Waals surface area contributed by atoms with Crippen molar-refractivity contribution in [2.75, 3.05) is 25.0 Å². The summed E-state index contributed by atoms with van der Waals surface area (Å²) in [5, 5.41) is 14.1. The van der Waals surface area contributed by atoms with Gasteiger partial charge in [0.2, 0.25) is 10.9 Å². The van der Waals surface area contributed by atoms with Crippen molar-refractivity contribution in [3.05, 3.63) is 76.0 Å². The molecule has 8 nitrogen and oxygen atoms in total. The number of nitrogens with zero attached hydrogens (tertiary/aromatic N) is 3. The minimum absolute atomic E-state index is 0.0824. The molecular formula is C24H26FN5O3S.